The van der Waals surface area contributed by atoms with Crippen LogP contribution in [0.3, 0.4) is 0 Å². The van der Waals surface area contributed by atoms with Gasteiger partial charge in [-0.2, -0.15) is 0 Å². The van der Waals surface area contributed by atoms with Gasteiger partial charge in [0.05, 0.1) is 12.9 Å². The zero-order chi connectivity index (χ0) is 44.4. The molecule has 9 aromatic rings. The predicted molar refractivity (Wildman–Crippen MR) is 248 cm³/mol. The van der Waals surface area contributed by atoms with E-state index >= 15 is 0 Å². The Balaban J connectivity index is 0.000000146. The van der Waals surface area contributed by atoms with Crippen LogP contribution in [0.15, 0.2) is 111 Å². The third-order valence-electron chi connectivity index (χ3n) is 11.6. The average Bonchev–Trinajstić information content (AvgIpc) is 4.19. The maximum atomic E-state index is 6.13. The summed E-state index contributed by atoms with van der Waals surface area (Å²) in [4.78, 5) is 23.0. The van der Waals surface area contributed by atoms with Crippen LogP contribution in [0.2, 0.25) is 10.0 Å². The number of hydrogen-bond donors (Lipinski definition) is 2. The molecule has 2 N–H and O–H groups in total. The molecule has 0 spiro atoms. The second kappa shape index (κ2) is 18.2. The van der Waals surface area contributed by atoms with E-state index in [9.17, 15) is 0 Å². The summed E-state index contributed by atoms with van der Waals surface area (Å²) in [6.07, 6.45) is 6.22. The summed E-state index contributed by atoms with van der Waals surface area (Å²) in [6, 6.07) is 28.8. The van der Waals surface area contributed by atoms with E-state index in [4.69, 9.17) is 56.1 Å². The standard InChI is InChI=1S/C23H21ClN6O3.C23H19ClN6O3/c2*24-15-1-4-17(5-2-15)32-18-7-10-30(11-8-18)23-22(26-20-21(27-23)29-33-28-20)25-16-3-6-19-14(13-16)9-12-31-19/h1-6,13,18H,7-12H2,(H,25,26,28);1-6,9,12-13,18H,7-8,10-11H2,(H,25,26,28). The Morgan fingerprint density at radius 2 is 1.06 bits per heavy atom. The molecule has 4 aromatic carbocycles. The lowest BCUT2D eigenvalue weighted by molar-refractivity contribution is 0.170. The van der Waals surface area contributed by atoms with E-state index in [0.29, 0.717) is 56.7 Å². The first-order chi connectivity index (χ1) is 32.4. The summed E-state index contributed by atoms with van der Waals surface area (Å²) in [5.74, 6) is 5.23. The molecule has 0 bridgehead atoms. The van der Waals surface area contributed by atoms with E-state index in [0.717, 1.165) is 104 Å². The number of fused-ring (bicyclic) bond motifs is 4. The number of rotatable bonds is 10. The second-order valence-corrected chi connectivity index (χ2v) is 16.8. The summed E-state index contributed by atoms with van der Waals surface area (Å²) < 4.78 is 33.0. The maximum Gasteiger partial charge on any atom is 0.245 e. The first kappa shape index (κ1) is 41.3. The van der Waals surface area contributed by atoms with Gasteiger partial charge in [0, 0.05) is 85.1 Å². The lowest BCUT2D eigenvalue weighted by Gasteiger charge is -2.33. The molecule has 5 aromatic heterocycles. The van der Waals surface area contributed by atoms with E-state index < -0.39 is 0 Å². The molecule has 0 radical (unpaired) electrons. The maximum absolute atomic E-state index is 6.13. The summed E-state index contributed by atoms with van der Waals surface area (Å²) in [6.45, 7) is 3.79. The number of piperidine rings is 2. The third-order valence-corrected chi connectivity index (χ3v) is 12.1. The fourth-order valence-electron chi connectivity index (χ4n) is 8.23. The molecule has 0 amide bonds. The molecule has 12 rings (SSSR count). The van der Waals surface area contributed by atoms with Crippen molar-refractivity contribution in [3.05, 3.63) is 113 Å². The number of furan rings is 1. The first-order valence-corrected chi connectivity index (χ1v) is 22.3. The van der Waals surface area contributed by atoms with E-state index in [1.807, 2.05) is 84.9 Å². The number of benzene rings is 4. The van der Waals surface area contributed by atoms with Crippen molar-refractivity contribution in [2.24, 2.45) is 0 Å². The normalized spacial score (nSPS) is 15.4. The number of nitrogens with one attached hydrogen (secondary N) is 2. The van der Waals surface area contributed by atoms with Gasteiger partial charge in [-0.15, -0.1) is 0 Å². The molecule has 0 saturated carbocycles. The van der Waals surface area contributed by atoms with Crippen LogP contribution in [0.25, 0.3) is 33.6 Å². The number of halogens is 2. The highest BCUT2D eigenvalue weighted by Crippen LogP contribution is 2.35. The minimum atomic E-state index is 0.118. The van der Waals surface area contributed by atoms with Crippen molar-refractivity contribution in [1.82, 2.24) is 40.6 Å². The molecule has 2 fully saturated rings. The smallest absolute Gasteiger partial charge is 0.245 e. The van der Waals surface area contributed by atoms with Gasteiger partial charge < -0.3 is 39.1 Å². The van der Waals surface area contributed by atoms with Gasteiger partial charge in [0.2, 0.25) is 22.6 Å². The van der Waals surface area contributed by atoms with Crippen LogP contribution in [-0.2, 0) is 6.42 Å². The SMILES string of the molecule is Clc1ccc(OC2CCN(c3nc4nonc4nc3Nc3ccc4c(c3)CCO4)CC2)cc1.Clc1ccc(OC2CCN(c3nc4nonc4nc3Nc3ccc4occc4c3)CC2)cc1. The van der Waals surface area contributed by atoms with Crippen molar-refractivity contribution in [3.8, 4) is 17.2 Å². The predicted octanol–water partition coefficient (Wildman–Crippen LogP) is 9.60. The molecule has 0 unspecified atom stereocenters. The summed E-state index contributed by atoms with van der Waals surface area (Å²) in [7, 11) is 0. The molecular formula is C46H40Cl2N12O6. The molecule has 0 aliphatic carbocycles. The first-order valence-electron chi connectivity index (χ1n) is 21.5. The van der Waals surface area contributed by atoms with Gasteiger partial charge in [0.1, 0.15) is 35.0 Å². The number of anilines is 6. The minimum absolute atomic E-state index is 0.118. The zero-order valence-electron chi connectivity index (χ0n) is 35.1. The summed E-state index contributed by atoms with van der Waals surface area (Å²) >= 11 is 11.9. The molecule has 66 heavy (non-hydrogen) atoms. The fourth-order valence-corrected chi connectivity index (χ4v) is 8.48. The van der Waals surface area contributed by atoms with E-state index in [2.05, 4.69) is 62.1 Å². The topological polar surface area (TPSA) is 201 Å². The second-order valence-electron chi connectivity index (χ2n) is 16.0. The molecule has 3 aliphatic heterocycles. The number of aromatic nitrogens is 8. The Hall–Kier alpha value is -7.44. The largest absolute Gasteiger partial charge is 0.493 e. The van der Waals surface area contributed by atoms with Gasteiger partial charge in [-0.1, -0.05) is 23.2 Å². The molecule has 8 heterocycles. The zero-order valence-corrected chi connectivity index (χ0v) is 36.7. The van der Waals surface area contributed by atoms with Gasteiger partial charge in [-0.05, 0) is 117 Å². The molecule has 3 aliphatic rings. The molecule has 0 atom stereocenters. The van der Waals surface area contributed by atoms with Crippen molar-refractivity contribution < 1.29 is 27.9 Å². The minimum Gasteiger partial charge on any atom is -0.493 e. The van der Waals surface area contributed by atoms with Crippen LogP contribution in [0.4, 0.5) is 34.6 Å². The lowest BCUT2D eigenvalue weighted by Crippen LogP contribution is -2.39. The van der Waals surface area contributed by atoms with Crippen LogP contribution in [0.1, 0.15) is 31.2 Å². The fraction of sp³-hybridized carbons (Fsp3) is 0.261. The number of nitrogens with zero attached hydrogens (tertiary/aromatic N) is 10. The van der Waals surface area contributed by atoms with Gasteiger partial charge in [-0.25, -0.2) is 29.2 Å². The van der Waals surface area contributed by atoms with Gasteiger partial charge >= 0.3 is 0 Å². The third kappa shape index (κ3) is 9.09. The van der Waals surface area contributed by atoms with Crippen LogP contribution in [-0.4, -0.2) is 85.6 Å². The van der Waals surface area contributed by atoms with Crippen LogP contribution < -0.4 is 34.6 Å². The van der Waals surface area contributed by atoms with Crippen molar-refractivity contribution in [1.29, 1.82) is 0 Å². The summed E-state index contributed by atoms with van der Waals surface area (Å²) in [5.41, 5.74) is 5.28. The van der Waals surface area contributed by atoms with Gasteiger partial charge in [0.15, 0.2) is 23.3 Å². The molecule has 2 saturated heterocycles. The Bertz CT molecular complexity index is 3110. The molecule has 18 nitrogen and oxygen atoms in total. The highest BCUT2D eigenvalue weighted by Gasteiger charge is 2.28. The van der Waals surface area contributed by atoms with E-state index in [1.165, 1.54) is 5.56 Å². The van der Waals surface area contributed by atoms with E-state index in [1.54, 1.807) is 6.26 Å². The Kier molecular flexibility index (Phi) is 11.4. The van der Waals surface area contributed by atoms with E-state index in [-0.39, 0.29) is 12.2 Å². The molecule has 20 heteroatoms. The van der Waals surface area contributed by atoms with Crippen molar-refractivity contribution >= 4 is 91.4 Å². The Morgan fingerprint density at radius 3 is 1.61 bits per heavy atom. The summed E-state index contributed by atoms with van der Waals surface area (Å²) in [5, 5.41) is 24.7. The quantitative estimate of drug-likeness (QED) is 0.131. The Labute approximate surface area is 386 Å². The van der Waals surface area contributed by atoms with Crippen LogP contribution in [0, 0.1) is 0 Å². The van der Waals surface area contributed by atoms with Crippen molar-refractivity contribution in [2.75, 3.05) is 53.2 Å². The highest BCUT2D eigenvalue weighted by molar-refractivity contribution is 6.30. The highest BCUT2D eigenvalue weighted by atomic mass is 35.5. The number of hydrogen-bond acceptors (Lipinski definition) is 18. The van der Waals surface area contributed by atoms with Gasteiger partial charge in [-0.3, -0.25) is 0 Å². The average molecular weight is 928 g/mol. The monoisotopic (exact) mass is 926 g/mol. The molecule has 334 valence electrons. The Morgan fingerprint density at radius 1 is 0.561 bits per heavy atom. The lowest BCUT2D eigenvalue weighted by atomic mass is 10.1. The van der Waals surface area contributed by atoms with Crippen molar-refractivity contribution in [2.45, 2.75) is 44.3 Å². The number of ether oxygens (including phenoxy) is 3. The molecular weight excluding hydrogens is 887 g/mol. The van der Waals surface area contributed by atoms with Crippen LogP contribution in [0.5, 0.6) is 17.2 Å². The van der Waals surface area contributed by atoms with Gasteiger partial charge in [0.25, 0.3) is 0 Å². The van der Waals surface area contributed by atoms with Crippen molar-refractivity contribution in [3.63, 3.8) is 0 Å². The van der Waals surface area contributed by atoms with Crippen LogP contribution >= 0.6 is 23.2 Å².